The maximum atomic E-state index is 12.4. The fraction of sp³-hybridized carbons (Fsp3) is 0.438. The van der Waals surface area contributed by atoms with Crippen molar-refractivity contribution in [2.24, 2.45) is 5.73 Å². The van der Waals surface area contributed by atoms with Crippen LogP contribution in [0.25, 0.3) is 0 Å². The Morgan fingerprint density at radius 3 is 2.54 bits per heavy atom. The average molecular weight is 371 g/mol. The maximum Gasteiger partial charge on any atom is 0.330 e. The number of halogens is 1. The molecule has 2 aliphatic rings. The van der Waals surface area contributed by atoms with Crippen molar-refractivity contribution in [3.63, 3.8) is 0 Å². The Bertz CT molecular complexity index is 667. The lowest BCUT2D eigenvalue weighted by Gasteiger charge is -2.41. The third-order valence-electron chi connectivity index (χ3n) is 4.15. The zero-order valence-corrected chi connectivity index (χ0v) is 14.9. The molecule has 24 heavy (non-hydrogen) atoms. The highest BCUT2D eigenvalue weighted by Gasteiger charge is 2.63. The molecule has 2 saturated heterocycles. The average Bonchev–Trinajstić information content (AvgIpc) is 2.81. The lowest BCUT2D eigenvalue weighted by molar-refractivity contribution is -0.162. The van der Waals surface area contributed by atoms with E-state index in [0.717, 1.165) is 0 Å². The van der Waals surface area contributed by atoms with Crippen LogP contribution in [0.5, 0.6) is 0 Å². The Balaban J connectivity index is 0.00000208. The molecule has 2 fully saturated rings. The first-order valence-corrected chi connectivity index (χ1v) is 8.21. The molecule has 0 aromatic heterocycles. The summed E-state index contributed by atoms with van der Waals surface area (Å²) >= 11 is 1.49. The van der Waals surface area contributed by atoms with Crippen molar-refractivity contribution in [1.82, 2.24) is 4.90 Å². The second-order valence-corrected chi connectivity index (χ2v) is 7.95. The molecule has 0 bridgehead atoms. The van der Waals surface area contributed by atoms with Crippen molar-refractivity contribution < 1.29 is 19.1 Å². The van der Waals surface area contributed by atoms with Crippen LogP contribution in [0.1, 0.15) is 24.2 Å². The Kier molecular flexibility index (Phi) is 5.27. The van der Waals surface area contributed by atoms with Crippen LogP contribution in [-0.4, -0.2) is 51.4 Å². The van der Waals surface area contributed by atoms with Crippen molar-refractivity contribution in [3.8, 4) is 0 Å². The van der Waals surface area contributed by atoms with Crippen LogP contribution in [0.2, 0.25) is 0 Å². The molecule has 0 aliphatic carbocycles. The van der Waals surface area contributed by atoms with Gasteiger partial charge in [-0.1, -0.05) is 30.3 Å². The number of fused-ring (bicyclic) bond motifs is 1. The highest BCUT2D eigenvalue weighted by molar-refractivity contribution is 8.01. The fourth-order valence-electron chi connectivity index (χ4n) is 2.95. The van der Waals surface area contributed by atoms with E-state index in [1.54, 1.807) is 30.3 Å². The summed E-state index contributed by atoms with van der Waals surface area (Å²) in [5, 5.41) is -0.195. The SMILES string of the molecule is CC1(C)S[C@@H]2[C@H](N)C(=O)N2[C@H]1C(=O)OCC(=O)c1ccccc1.Cl. The number of thioether (sulfide) groups is 1. The molecule has 0 radical (unpaired) electrons. The minimum Gasteiger partial charge on any atom is -0.456 e. The number of ether oxygens (including phenoxy) is 1. The number of ketones is 1. The van der Waals surface area contributed by atoms with E-state index in [4.69, 9.17) is 10.5 Å². The first-order chi connectivity index (χ1) is 10.8. The molecule has 3 rings (SSSR count). The Morgan fingerprint density at radius 1 is 1.29 bits per heavy atom. The molecule has 0 saturated carbocycles. The summed E-state index contributed by atoms with van der Waals surface area (Å²) in [6.45, 7) is 3.42. The monoisotopic (exact) mass is 370 g/mol. The fourth-order valence-corrected chi connectivity index (χ4v) is 4.51. The Morgan fingerprint density at radius 2 is 1.92 bits per heavy atom. The van der Waals surface area contributed by atoms with Gasteiger partial charge in [-0.3, -0.25) is 9.59 Å². The van der Waals surface area contributed by atoms with E-state index in [9.17, 15) is 14.4 Å². The van der Waals surface area contributed by atoms with Gasteiger partial charge in [0.15, 0.2) is 12.4 Å². The van der Waals surface area contributed by atoms with Crippen LogP contribution < -0.4 is 5.73 Å². The van der Waals surface area contributed by atoms with E-state index < -0.39 is 22.8 Å². The Labute approximate surface area is 150 Å². The maximum absolute atomic E-state index is 12.4. The molecule has 1 aromatic carbocycles. The molecule has 2 aliphatic heterocycles. The number of rotatable bonds is 4. The number of nitrogens with two attached hydrogens (primary N) is 1. The molecule has 8 heteroatoms. The van der Waals surface area contributed by atoms with E-state index in [0.29, 0.717) is 5.56 Å². The predicted molar refractivity (Wildman–Crippen MR) is 93.0 cm³/mol. The first-order valence-electron chi connectivity index (χ1n) is 7.33. The van der Waals surface area contributed by atoms with Gasteiger partial charge in [0, 0.05) is 10.3 Å². The van der Waals surface area contributed by atoms with Gasteiger partial charge in [0.05, 0.1) is 0 Å². The molecule has 1 aromatic rings. The number of β-lactam (4-membered cyclic amide) rings is 1. The van der Waals surface area contributed by atoms with Crippen LogP contribution >= 0.6 is 24.2 Å². The van der Waals surface area contributed by atoms with E-state index >= 15 is 0 Å². The highest BCUT2D eigenvalue weighted by Crippen LogP contribution is 2.50. The molecular weight excluding hydrogens is 352 g/mol. The topological polar surface area (TPSA) is 89.7 Å². The van der Waals surface area contributed by atoms with Crippen molar-refractivity contribution >= 4 is 41.8 Å². The third kappa shape index (κ3) is 3.03. The molecular formula is C16H19ClN2O4S. The van der Waals surface area contributed by atoms with Crippen molar-refractivity contribution in [2.75, 3.05) is 6.61 Å². The van der Waals surface area contributed by atoms with E-state index in [1.165, 1.54) is 16.7 Å². The van der Waals surface area contributed by atoms with Crippen LogP contribution in [0.4, 0.5) is 0 Å². The first kappa shape index (κ1) is 18.8. The van der Waals surface area contributed by atoms with Crippen LogP contribution in [-0.2, 0) is 14.3 Å². The summed E-state index contributed by atoms with van der Waals surface area (Å²) in [6.07, 6.45) is 0. The number of carbonyl (C=O) groups excluding carboxylic acids is 3. The van der Waals surface area contributed by atoms with Gasteiger partial charge in [0.2, 0.25) is 5.91 Å². The molecule has 2 heterocycles. The lowest BCUT2D eigenvalue weighted by atomic mass is 9.96. The Hall–Kier alpha value is -1.57. The molecule has 0 spiro atoms. The van der Waals surface area contributed by atoms with Crippen LogP contribution in [0, 0.1) is 0 Å². The summed E-state index contributed by atoms with van der Waals surface area (Å²) in [6, 6.07) is 7.35. The third-order valence-corrected chi connectivity index (χ3v) is 5.74. The number of Topliss-reactive ketones (excluding diaryl/α,β-unsaturated/α-hetero) is 1. The molecule has 0 unspecified atom stereocenters. The van der Waals surface area contributed by atoms with Gasteiger partial charge in [-0.15, -0.1) is 24.2 Å². The second-order valence-electron chi connectivity index (χ2n) is 6.18. The molecule has 2 N–H and O–H groups in total. The molecule has 6 nitrogen and oxygen atoms in total. The normalized spacial score (nSPS) is 26.9. The molecule has 130 valence electrons. The smallest absolute Gasteiger partial charge is 0.330 e. The van der Waals surface area contributed by atoms with Crippen molar-refractivity contribution in [1.29, 1.82) is 0 Å². The zero-order chi connectivity index (χ0) is 16.8. The van der Waals surface area contributed by atoms with Gasteiger partial charge in [-0.25, -0.2) is 4.79 Å². The molecule has 3 atom stereocenters. The summed E-state index contributed by atoms with van der Waals surface area (Å²) in [7, 11) is 0. The summed E-state index contributed by atoms with van der Waals surface area (Å²) in [4.78, 5) is 37.8. The number of benzene rings is 1. The van der Waals surface area contributed by atoms with Crippen molar-refractivity contribution in [3.05, 3.63) is 35.9 Å². The summed E-state index contributed by atoms with van der Waals surface area (Å²) in [5.74, 6) is -1.08. The molecule has 1 amide bonds. The quantitative estimate of drug-likeness (QED) is 0.487. The summed E-state index contributed by atoms with van der Waals surface area (Å²) < 4.78 is 4.68. The van der Waals surface area contributed by atoms with Gasteiger partial charge < -0.3 is 15.4 Å². The minimum atomic E-state index is -0.714. The highest BCUT2D eigenvalue weighted by atomic mass is 35.5. The van der Waals surface area contributed by atoms with Gasteiger partial charge >= 0.3 is 5.97 Å². The number of esters is 1. The lowest BCUT2D eigenvalue weighted by Crippen LogP contribution is -2.68. The van der Waals surface area contributed by atoms with Crippen molar-refractivity contribution in [2.45, 2.75) is 36.1 Å². The van der Waals surface area contributed by atoms with Gasteiger partial charge in [-0.2, -0.15) is 0 Å². The number of hydrogen-bond donors (Lipinski definition) is 1. The second kappa shape index (κ2) is 6.74. The van der Waals surface area contributed by atoms with Crippen LogP contribution in [0.3, 0.4) is 0 Å². The van der Waals surface area contributed by atoms with Gasteiger partial charge in [0.25, 0.3) is 0 Å². The van der Waals surface area contributed by atoms with E-state index in [2.05, 4.69) is 0 Å². The number of amides is 1. The van der Waals surface area contributed by atoms with Gasteiger partial charge in [0.1, 0.15) is 17.5 Å². The van der Waals surface area contributed by atoms with Crippen LogP contribution in [0.15, 0.2) is 30.3 Å². The van der Waals surface area contributed by atoms with Gasteiger partial charge in [-0.05, 0) is 13.8 Å². The standard InChI is InChI=1S/C16H18N2O4S.ClH/c1-16(2)12(18-13(20)11(17)14(18)23-16)15(21)22-8-10(19)9-6-4-3-5-7-9;/h3-7,11-12,14H,8,17H2,1-2H3;1H/t11-,12+,14-;/m1./s1. The minimum absolute atomic E-state index is 0. The largest absolute Gasteiger partial charge is 0.456 e. The van der Waals surface area contributed by atoms with E-state index in [1.807, 2.05) is 13.8 Å². The summed E-state index contributed by atoms with van der Waals surface area (Å²) in [5.41, 5.74) is 6.26. The van der Waals surface area contributed by atoms with E-state index in [-0.39, 0.29) is 36.1 Å². The number of hydrogen-bond acceptors (Lipinski definition) is 6. The number of carbonyl (C=O) groups is 3. The number of nitrogens with zero attached hydrogens (tertiary/aromatic N) is 1. The predicted octanol–water partition coefficient (Wildman–Crippen LogP) is 1.22. The zero-order valence-electron chi connectivity index (χ0n) is 13.3.